The molecule has 0 bridgehead atoms. The minimum absolute atomic E-state index is 0.337. The molecule has 30 heavy (non-hydrogen) atoms. The molecule has 2 amide bonds. The fraction of sp³-hybridized carbons (Fsp3) is 0.0417. The number of carbonyl (C=O) groups is 2. The fourth-order valence-electron chi connectivity index (χ4n) is 3.28. The Kier molecular flexibility index (Phi) is 5.72. The van der Waals surface area contributed by atoms with E-state index in [0.717, 1.165) is 27.1 Å². The van der Waals surface area contributed by atoms with Gasteiger partial charge in [-0.15, -0.1) is 0 Å². The molecule has 0 aliphatic heterocycles. The van der Waals surface area contributed by atoms with Crippen molar-refractivity contribution in [2.75, 3.05) is 5.32 Å². The summed E-state index contributed by atoms with van der Waals surface area (Å²) < 4.78 is 0. The van der Waals surface area contributed by atoms with Crippen LogP contribution >= 0.6 is 11.6 Å². The molecule has 0 saturated heterocycles. The molecule has 0 aliphatic rings. The summed E-state index contributed by atoms with van der Waals surface area (Å²) >= 11 is 5.82. The topological polar surface area (TPSA) is 70.6 Å². The molecule has 0 aliphatic carbocycles. The Hall–Kier alpha value is -3.70. The van der Waals surface area contributed by atoms with Crippen LogP contribution in [0.25, 0.3) is 21.5 Å². The highest BCUT2D eigenvalue weighted by Crippen LogP contribution is 2.27. The number of fused-ring (bicyclic) bond motifs is 2. The number of anilines is 1. The first-order valence-electron chi connectivity index (χ1n) is 9.38. The zero-order valence-corrected chi connectivity index (χ0v) is 16.7. The van der Waals surface area contributed by atoms with Gasteiger partial charge >= 0.3 is 0 Å². The highest BCUT2D eigenvalue weighted by molar-refractivity contribution is 6.30. The number of carbonyl (C=O) groups excluding carboxylic acids is 2. The fourth-order valence-corrected chi connectivity index (χ4v) is 3.41. The summed E-state index contributed by atoms with van der Waals surface area (Å²) in [5, 5.41) is 11.6. The van der Waals surface area contributed by atoms with Crippen molar-refractivity contribution in [3.05, 3.63) is 89.4 Å². The van der Waals surface area contributed by atoms with Gasteiger partial charge in [-0.2, -0.15) is 5.10 Å². The molecule has 0 radical (unpaired) electrons. The molecule has 5 nitrogen and oxygen atoms in total. The monoisotopic (exact) mass is 415 g/mol. The maximum atomic E-state index is 12.1. The molecule has 0 heterocycles. The van der Waals surface area contributed by atoms with Crippen molar-refractivity contribution in [3.8, 4) is 0 Å². The number of halogens is 1. The Bertz CT molecular complexity index is 1210. The molecular weight excluding hydrogens is 398 g/mol. The highest BCUT2D eigenvalue weighted by Gasteiger charge is 2.10. The molecule has 2 N–H and O–H groups in total. The van der Waals surface area contributed by atoms with E-state index in [1.54, 1.807) is 30.5 Å². The molecular formula is C24H18ClN3O2. The Morgan fingerprint density at radius 1 is 0.833 bits per heavy atom. The molecule has 148 valence electrons. The van der Waals surface area contributed by atoms with Crippen LogP contribution in [0.5, 0.6) is 0 Å². The maximum Gasteiger partial charge on any atom is 0.249 e. The smallest absolute Gasteiger partial charge is 0.249 e. The Morgan fingerprint density at radius 3 is 2.07 bits per heavy atom. The van der Waals surface area contributed by atoms with Gasteiger partial charge in [-0.05, 0) is 51.9 Å². The van der Waals surface area contributed by atoms with Gasteiger partial charge in [0.25, 0.3) is 0 Å². The Balaban J connectivity index is 1.47. The first-order valence-corrected chi connectivity index (χ1v) is 9.76. The zero-order chi connectivity index (χ0) is 20.9. The molecule has 6 heteroatoms. The summed E-state index contributed by atoms with van der Waals surface area (Å²) in [7, 11) is 0. The van der Waals surface area contributed by atoms with E-state index in [0.29, 0.717) is 10.7 Å². The zero-order valence-electron chi connectivity index (χ0n) is 15.9. The Morgan fingerprint density at radius 2 is 1.43 bits per heavy atom. The van der Waals surface area contributed by atoms with Crippen LogP contribution in [0.4, 0.5) is 5.69 Å². The normalized spacial score (nSPS) is 11.1. The van der Waals surface area contributed by atoms with E-state index in [4.69, 9.17) is 11.6 Å². The van der Waals surface area contributed by atoms with Crippen LogP contribution in [0.2, 0.25) is 5.02 Å². The van der Waals surface area contributed by atoms with Crippen molar-refractivity contribution in [2.45, 2.75) is 6.42 Å². The number of benzene rings is 4. The van der Waals surface area contributed by atoms with Crippen LogP contribution in [0.1, 0.15) is 12.0 Å². The lowest BCUT2D eigenvalue weighted by molar-refractivity contribution is -0.126. The van der Waals surface area contributed by atoms with E-state index in [9.17, 15) is 9.59 Å². The predicted molar refractivity (Wildman–Crippen MR) is 122 cm³/mol. The van der Waals surface area contributed by atoms with E-state index in [-0.39, 0.29) is 6.42 Å². The summed E-state index contributed by atoms with van der Waals surface area (Å²) in [6, 6.07) is 24.8. The lowest BCUT2D eigenvalue weighted by atomic mass is 9.97. The van der Waals surface area contributed by atoms with Gasteiger partial charge < -0.3 is 5.32 Å². The van der Waals surface area contributed by atoms with Crippen molar-refractivity contribution >= 4 is 56.9 Å². The number of nitrogens with zero attached hydrogens (tertiary/aromatic N) is 1. The van der Waals surface area contributed by atoms with Crippen LogP contribution in [-0.4, -0.2) is 18.0 Å². The average Bonchev–Trinajstić information content (AvgIpc) is 2.75. The first kappa shape index (κ1) is 19.6. The highest BCUT2D eigenvalue weighted by atomic mass is 35.5. The lowest BCUT2D eigenvalue weighted by Gasteiger charge is -2.08. The molecule has 4 aromatic rings. The summed E-state index contributed by atoms with van der Waals surface area (Å²) in [5.74, 6) is -0.928. The lowest BCUT2D eigenvalue weighted by Crippen LogP contribution is -2.24. The Labute approximate surface area is 178 Å². The van der Waals surface area contributed by atoms with Crippen molar-refractivity contribution < 1.29 is 9.59 Å². The molecule has 0 fully saturated rings. The second kappa shape index (κ2) is 8.76. The maximum absolute atomic E-state index is 12.1. The van der Waals surface area contributed by atoms with Crippen LogP contribution in [0.3, 0.4) is 0 Å². The van der Waals surface area contributed by atoms with Crippen LogP contribution < -0.4 is 10.7 Å². The molecule has 0 atom stereocenters. The molecule has 4 rings (SSSR count). The molecule has 0 unspecified atom stereocenters. The number of hydrogen-bond donors (Lipinski definition) is 2. The van der Waals surface area contributed by atoms with Gasteiger partial charge in [0, 0.05) is 16.3 Å². The van der Waals surface area contributed by atoms with Gasteiger partial charge in [-0.1, -0.05) is 60.1 Å². The first-order chi connectivity index (χ1) is 14.6. The number of hydrazone groups is 1. The summed E-state index contributed by atoms with van der Waals surface area (Å²) in [5.41, 5.74) is 3.92. The summed E-state index contributed by atoms with van der Waals surface area (Å²) in [4.78, 5) is 24.1. The minimum Gasteiger partial charge on any atom is -0.326 e. The van der Waals surface area contributed by atoms with Crippen LogP contribution in [0.15, 0.2) is 84.0 Å². The van der Waals surface area contributed by atoms with Crippen molar-refractivity contribution in [3.63, 3.8) is 0 Å². The van der Waals surface area contributed by atoms with Gasteiger partial charge in [0.15, 0.2) is 0 Å². The van der Waals surface area contributed by atoms with E-state index in [2.05, 4.69) is 21.9 Å². The molecule has 0 spiro atoms. The SMILES string of the molecule is O=C(CC(=O)Nc1ccc(Cl)cc1)NN=Cc1c2ccccc2cc2ccccc12. The van der Waals surface area contributed by atoms with Crippen molar-refractivity contribution in [2.24, 2.45) is 5.10 Å². The minimum atomic E-state index is -0.498. The molecule has 0 saturated carbocycles. The average molecular weight is 416 g/mol. The third-order valence-corrected chi connectivity index (χ3v) is 4.90. The van der Waals surface area contributed by atoms with Gasteiger partial charge in [0.05, 0.1) is 6.21 Å². The van der Waals surface area contributed by atoms with Crippen molar-refractivity contribution in [1.29, 1.82) is 0 Å². The summed E-state index contributed by atoms with van der Waals surface area (Å²) in [6.45, 7) is 0. The number of hydrogen-bond acceptors (Lipinski definition) is 3. The quantitative estimate of drug-likeness (QED) is 0.205. The molecule has 0 aromatic heterocycles. The predicted octanol–water partition coefficient (Wildman–Crippen LogP) is 5.13. The third-order valence-electron chi connectivity index (χ3n) is 4.64. The molecule has 4 aromatic carbocycles. The van der Waals surface area contributed by atoms with E-state index < -0.39 is 11.8 Å². The number of amides is 2. The standard InChI is InChI=1S/C24H18ClN3O2/c25-18-9-11-19(12-10-18)27-23(29)14-24(30)28-26-15-22-20-7-3-1-5-16(20)13-17-6-2-4-8-21(17)22/h1-13,15H,14H2,(H,27,29)(H,28,30). The van der Waals surface area contributed by atoms with Crippen LogP contribution in [-0.2, 0) is 9.59 Å². The second-order valence-corrected chi connectivity index (χ2v) is 7.19. The largest absolute Gasteiger partial charge is 0.326 e. The number of rotatable bonds is 5. The van der Waals surface area contributed by atoms with Crippen molar-refractivity contribution in [1.82, 2.24) is 5.43 Å². The van der Waals surface area contributed by atoms with E-state index in [1.165, 1.54) is 0 Å². The van der Waals surface area contributed by atoms with Gasteiger partial charge in [0.2, 0.25) is 11.8 Å². The number of nitrogens with one attached hydrogen (secondary N) is 2. The van der Waals surface area contributed by atoms with Gasteiger partial charge in [-0.25, -0.2) is 5.43 Å². The van der Waals surface area contributed by atoms with Gasteiger partial charge in [0.1, 0.15) is 6.42 Å². The van der Waals surface area contributed by atoms with Crippen LogP contribution in [0, 0.1) is 0 Å². The summed E-state index contributed by atoms with van der Waals surface area (Å²) in [6.07, 6.45) is 1.29. The third kappa shape index (κ3) is 4.47. The van der Waals surface area contributed by atoms with E-state index in [1.807, 2.05) is 48.5 Å². The van der Waals surface area contributed by atoms with Gasteiger partial charge in [-0.3, -0.25) is 9.59 Å². The van der Waals surface area contributed by atoms with E-state index >= 15 is 0 Å². The second-order valence-electron chi connectivity index (χ2n) is 6.76.